The van der Waals surface area contributed by atoms with Crippen molar-refractivity contribution in [1.29, 1.82) is 0 Å². The fraction of sp³-hybridized carbons (Fsp3) is 0.857. The van der Waals surface area contributed by atoms with Gasteiger partial charge in [-0.05, 0) is 25.2 Å². The van der Waals surface area contributed by atoms with Gasteiger partial charge in [0.15, 0.2) is 0 Å². The minimum atomic E-state index is -0.378. The summed E-state index contributed by atoms with van der Waals surface area (Å²) in [5.74, 6) is 0.0860. The van der Waals surface area contributed by atoms with Crippen molar-refractivity contribution < 1.29 is 9.59 Å². The van der Waals surface area contributed by atoms with Gasteiger partial charge in [0.25, 0.3) is 0 Å². The van der Waals surface area contributed by atoms with Crippen LogP contribution >= 0.6 is 0 Å². The molecule has 2 amide bonds. The molecule has 0 bridgehead atoms. The molecule has 2 unspecified atom stereocenters. The number of rotatable bonds is 1. The molecule has 2 aliphatic rings. The van der Waals surface area contributed by atoms with Gasteiger partial charge in [-0.15, -0.1) is 0 Å². The van der Waals surface area contributed by atoms with E-state index >= 15 is 0 Å². The Balaban J connectivity index is 2.32. The third-order valence-corrected chi connectivity index (χ3v) is 4.05. The van der Waals surface area contributed by atoms with Gasteiger partial charge >= 0.3 is 0 Å². The quantitative estimate of drug-likeness (QED) is 0.772. The number of nitrogens with zero attached hydrogens (tertiary/aromatic N) is 1. The first kappa shape index (κ1) is 13.4. The average molecular weight is 252 g/mol. The molecule has 1 aliphatic carbocycles. The minimum absolute atomic E-state index is 0.00139. The maximum Gasteiger partial charge on any atom is 0.245 e. The van der Waals surface area contributed by atoms with Crippen molar-refractivity contribution in [1.82, 2.24) is 10.2 Å². The standard InChI is InChI=1S/C14H24N2O2/c1-9-13(18)16(10-7-5-6-8-10)11(12(17)15-9)14(2,3)4/h9-11H,5-8H2,1-4H3,(H,15,17). The summed E-state index contributed by atoms with van der Waals surface area (Å²) in [4.78, 5) is 26.6. The lowest BCUT2D eigenvalue weighted by molar-refractivity contribution is -0.156. The fourth-order valence-corrected chi connectivity index (χ4v) is 3.21. The van der Waals surface area contributed by atoms with E-state index in [1.165, 1.54) is 12.8 Å². The van der Waals surface area contributed by atoms with Crippen LogP contribution in [0.4, 0.5) is 0 Å². The number of hydrogen-bond donors (Lipinski definition) is 1. The van der Waals surface area contributed by atoms with Gasteiger partial charge in [-0.1, -0.05) is 33.6 Å². The highest BCUT2D eigenvalue weighted by Crippen LogP contribution is 2.34. The van der Waals surface area contributed by atoms with Crippen LogP contribution in [0.1, 0.15) is 53.4 Å². The number of piperazine rings is 1. The van der Waals surface area contributed by atoms with Gasteiger partial charge in [0.2, 0.25) is 11.8 Å². The van der Waals surface area contributed by atoms with E-state index in [0.717, 1.165) is 12.8 Å². The number of carbonyl (C=O) groups excluding carboxylic acids is 2. The monoisotopic (exact) mass is 252 g/mol. The molecule has 1 N–H and O–H groups in total. The van der Waals surface area contributed by atoms with E-state index in [4.69, 9.17) is 0 Å². The molecule has 0 spiro atoms. The number of hydrogen-bond acceptors (Lipinski definition) is 2. The molecule has 4 nitrogen and oxygen atoms in total. The fourth-order valence-electron chi connectivity index (χ4n) is 3.21. The predicted octanol–water partition coefficient (Wildman–Crippen LogP) is 1.69. The van der Waals surface area contributed by atoms with Gasteiger partial charge in [-0.2, -0.15) is 0 Å². The molecule has 18 heavy (non-hydrogen) atoms. The van der Waals surface area contributed by atoms with Crippen molar-refractivity contribution in [3.05, 3.63) is 0 Å². The van der Waals surface area contributed by atoms with Gasteiger partial charge in [-0.25, -0.2) is 0 Å². The highest BCUT2D eigenvalue weighted by molar-refractivity contribution is 5.97. The number of nitrogens with one attached hydrogen (secondary N) is 1. The van der Waals surface area contributed by atoms with Crippen LogP contribution in [0.2, 0.25) is 0 Å². The van der Waals surface area contributed by atoms with Crippen LogP contribution < -0.4 is 5.32 Å². The van der Waals surface area contributed by atoms with Gasteiger partial charge in [0.1, 0.15) is 12.1 Å². The smallest absolute Gasteiger partial charge is 0.245 e. The molecule has 1 saturated carbocycles. The first-order valence-corrected chi connectivity index (χ1v) is 6.95. The maximum atomic E-state index is 12.4. The molecule has 0 aromatic rings. The molecule has 0 radical (unpaired) electrons. The van der Waals surface area contributed by atoms with Gasteiger partial charge in [0, 0.05) is 6.04 Å². The Labute approximate surface area is 109 Å². The zero-order chi connectivity index (χ0) is 13.5. The second-order valence-corrected chi connectivity index (χ2v) is 6.68. The summed E-state index contributed by atoms with van der Waals surface area (Å²) in [6.07, 6.45) is 4.42. The highest BCUT2D eigenvalue weighted by atomic mass is 16.2. The molecular formula is C14H24N2O2. The first-order chi connectivity index (χ1) is 8.32. The van der Waals surface area contributed by atoms with Crippen molar-refractivity contribution >= 4 is 11.8 Å². The predicted molar refractivity (Wildman–Crippen MR) is 69.9 cm³/mol. The Morgan fingerprint density at radius 2 is 1.72 bits per heavy atom. The lowest BCUT2D eigenvalue weighted by atomic mass is 9.82. The second kappa shape index (κ2) is 4.56. The normalized spacial score (nSPS) is 30.8. The zero-order valence-corrected chi connectivity index (χ0v) is 11.8. The Morgan fingerprint density at radius 1 is 1.17 bits per heavy atom. The second-order valence-electron chi connectivity index (χ2n) is 6.68. The molecule has 2 fully saturated rings. The third kappa shape index (κ3) is 2.25. The summed E-state index contributed by atoms with van der Waals surface area (Å²) in [5, 5.41) is 2.81. The summed E-state index contributed by atoms with van der Waals surface area (Å²) in [7, 11) is 0. The summed E-state index contributed by atoms with van der Waals surface area (Å²) < 4.78 is 0. The van der Waals surface area contributed by atoms with Crippen molar-refractivity contribution in [2.75, 3.05) is 0 Å². The van der Waals surface area contributed by atoms with Gasteiger partial charge in [-0.3, -0.25) is 9.59 Å². The molecule has 2 rings (SSSR count). The lowest BCUT2D eigenvalue weighted by Crippen LogP contribution is -2.67. The van der Waals surface area contributed by atoms with Crippen LogP contribution in [0.5, 0.6) is 0 Å². The summed E-state index contributed by atoms with van der Waals surface area (Å²) in [6, 6.07) is -0.448. The number of carbonyl (C=O) groups is 2. The Morgan fingerprint density at radius 3 is 2.22 bits per heavy atom. The molecule has 4 heteroatoms. The summed E-state index contributed by atoms with van der Waals surface area (Å²) in [5.41, 5.74) is -0.220. The van der Waals surface area contributed by atoms with Crippen LogP contribution in [0.3, 0.4) is 0 Å². The van der Waals surface area contributed by atoms with E-state index in [-0.39, 0.29) is 35.4 Å². The van der Waals surface area contributed by atoms with E-state index in [0.29, 0.717) is 0 Å². The molecule has 0 aromatic heterocycles. The Bertz CT molecular complexity index is 353. The van der Waals surface area contributed by atoms with Crippen molar-refractivity contribution in [2.45, 2.75) is 71.5 Å². The lowest BCUT2D eigenvalue weighted by Gasteiger charge is -2.46. The third-order valence-electron chi connectivity index (χ3n) is 4.05. The number of amides is 2. The topological polar surface area (TPSA) is 49.4 Å². The molecule has 1 aliphatic heterocycles. The maximum absolute atomic E-state index is 12.4. The van der Waals surface area contributed by atoms with Crippen molar-refractivity contribution in [3.63, 3.8) is 0 Å². The van der Waals surface area contributed by atoms with E-state index < -0.39 is 0 Å². The average Bonchev–Trinajstić information content (AvgIpc) is 2.74. The van der Waals surface area contributed by atoms with E-state index in [2.05, 4.69) is 5.32 Å². The molecular weight excluding hydrogens is 228 g/mol. The Kier molecular flexibility index (Phi) is 3.39. The summed E-state index contributed by atoms with van der Waals surface area (Å²) in [6.45, 7) is 7.87. The Hall–Kier alpha value is -1.06. The largest absolute Gasteiger partial charge is 0.343 e. The molecule has 102 valence electrons. The molecule has 1 heterocycles. The van der Waals surface area contributed by atoms with E-state index in [1.54, 1.807) is 6.92 Å². The minimum Gasteiger partial charge on any atom is -0.343 e. The molecule has 2 atom stereocenters. The first-order valence-electron chi connectivity index (χ1n) is 6.95. The van der Waals surface area contributed by atoms with Crippen LogP contribution in [0, 0.1) is 5.41 Å². The van der Waals surface area contributed by atoms with Crippen molar-refractivity contribution in [2.24, 2.45) is 5.41 Å². The van der Waals surface area contributed by atoms with Crippen molar-refractivity contribution in [3.8, 4) is 0 Å². The molecule has 0 aromatic carbocycles. The van der Waals surface area contributed by atoms with Crippen LogP contribution in [-0.4, -0.2) is 34.8 Å². The van der Waals surface area contributed by atoms with Crippen LogP contribution in [0.15, 0.2) is 0 Å². The molecule has 1 saturated heterocycles. The summed E-state index contributed by atoms with van der Waals surface area (Å²) >= 11 is 0. The van der Waals surface area contributed by atoms with Crippen LogP contribution in [0.25, 0.3) is 0 Å². The zero-order valence-electron chi connectivity index (χ0n) is 11.8. The van der Waals surface area contributed by atoms with E-state index in [1.807, 2.05) is 25.7 Å². The van der Waals surface area contributed by atoms with E-state index in [9.17, 15) is 9.59 Å². The van der Waals surface area contributed by atoms with Crippen LogP contribution in [-0.2, 0) is 9.59 Å². The highest BCUT2D eigenvalue weighted by Gasteiger charge is 2.47. The van der Waals surface area contributed by atoms with Gasteiger partial charge < -0.3 is 10.2 Å². The SMILES string of the molecule is CC1NC(=O)C(C(C)(C)C)N(C2CCCC2)C1=O. The van der Waals surface area contributed by atoms with Gasteiger partial charge in [0.05, 0.1) is 0 Å².